The zero-order chi connectivity index (χ0) is 14.7. The summed E-state index contributed by atoms with van der Waals surface area (Å²) in [7, 11) is 0. The molecule has 21 heavy (non-hydrogen) atoms. The molecule has 3 heteroatoms. The summed E-state index contributed by atoms with van der Waals surface area (Å²) in [6.07, 6.45) is 1.99. The predicted octanol–water partition coefficient (Wildman–Crippen LogP) is 2.73. The van der Waals surface area contributed by atoms with Gasteiger partial charge in [-0.2, -0.15) is 0 Å². The third kappa shape index (κ3) is 2.98. The van der Waals surface area contributed by atoms with E-state index in [-0.39, 0.29) is 5.91 Å². The third-order valence-corrected chi connectivity index (χ3v) is 4.01. The number of carbonyl (C=O) groups is 1. The smallest absolute Gasteiger partial charge is 0.254 e. The lowest BCUT2D eigenvalue weighted by Crippen LogP contribution is -2.30. The van der Waals surface area contributed by atoms with Crippen LogP contribution in [0.2, 0.25) is 0 Å². The van der Waals surface area contributed by atoms with Gasteiger partial charge in [-0.15, -0.1) is 0 Å². The average Bonchev–Trinajstić information content (AvgIpc) is 2.68. The van der Waals surface area contributed by atoms with Crippen LogP contribution in [-0.4, -0.2) is 17.4 Å². The molecule has 0 fully saturated rings. The van der Waals surface area contributed by atoms with Gasteiger partial charge in [0.25, 0.3) is 5.91 Å². The fraction of sp³-hybridized carbons (Fsp3) is 0.278. The van der Waals surface area contributed by atoms with Gasteiger partial charge in [0.05, 0.1) is 0 Å². The van der Waals surface area contributed by atoms with Gasteiger partial charge in [-0.1, -0.05) is 42.5 Å². The molecular formula is C18H20N2O. The molecule has 0 saturated carbocycles. The molecule has 1 heterocycles. The number of aryl methyl sites for hydroxylation is 1. The lowest BCUT2D eigenvalue weighted by atomic mass is 10.0. The molecule has 2 N–H and O–H groups in total. The molecule has 2 aromatic rings. The fourth-order valence-electron chi connectivity index (χ4n) is 2.91. The first kappa shape index (κ1) is 13.8. The van der Waals surface area contributed by atoms with Crippen molar-refractivity contribution in [1.29, 1.82) is 0 Å². The normalized spacial score (nSPS) is 14.7. The maximum Gasteiger partial charge on any atom is 0.254 e. The van der Waals surface area contributed by atoms with Gasteiger partial charge < -0.3 is 10.6 Å². The van der Waals surface area contributed by atoms with Gasteiger partial charge in [-0.3, -0.25) is 4.79 Å². The lowest BCUT2D eigenvalue weighted by Gasteiger charge is -2.21. The number of rotatable bonds is 3. The maximum absolute atomic E-state index is 12.7. The minimum atomic E-state index is 0.140. The zero-order valence-electron chi connectivity index (χ0n) is 12.1. The van der Waals surface area contributed by atoms with Gasteiger partial charge in [0.1, 0.15) is 0 Å². The summed E-state index contributed by atoms with van der Waals surface area (Å²) < 4.78 is 0. The maximum atomic E-state index is 12.7. The molecule has 1 amide bonds. The van der Waals surface area contributed by atoms with Crippen molar-refractivity contribution in [2.24, 2.45) is 5.73 Å². The van der Waals surface area contributed by atoms with Crippen LogP contribution >= 0.6 is 0 Å². The van der Waals surface area contributed by atoms with Crippen molar-refractivity contribution in [3.63, 3.8) is 0 Å². The molecule has 0 aromatic heterocycles. The Labute approximate surface area is 125 Å². The van der Waals surface area contributed by atoms with Crippen molar-refractivity contribution in [1.82, 2.24) is 4.90 Å². The minimum absolute atomic E-state index is 0.140. The Morgan fingerprint density at radius 3 is 2.71 bits per heavy atom. The Kier molecular flexibility index (Phi) is 4.02. The molecule has 2 aromatic carbocycles. The van der Waals surface area contributed by atoms with Crippen LogP contribution in [-0.2, 0) is 19.5 Å². The quantitative estimate of drug-likeness (QED) is 0.939. The van der Waals surface area contributed by atoms with Gasteiger partial charge >= 0.3 is 0 Å². The van der Waals surface area contributed by atoms with E-state index in [1.165, 1.54) is 5.56 Å². The second-order valence-electron chi connectivity index (χ2n) is 5.51. The van der Waals surface area contributed by atoms with E-state index in [2.05, 4.69) is 18.2 Å². The van der Waals surface area contributed by atoms with Crippen LogP contribution in [0.4, 0.5) is 0 Å². The highest BCUT2D eigenvalue weighted by Crippen LogP contribution is 2.20. The Morgan fingerprint density at radius 2 is 1.86 bits per heavy atom. The average molecular weight is 280 g/mol. The van der Waals surface area contributed by atoms with Crippen LogP contribution < -0.4 is 5.73 Å². The number of fused-ring (bicyclic) bond motifs is 1. The van der Waals surface area contributed by atoms with E-state index in [1.54, 1.807) is 0 Å². The SMILES string of the molecule is NCc1cccc(CN2CCCc3ccccc3C2=O)c1. The summed E-state index contributed by atoms with van der Waals surface area (Å²) in [6.45, 7) is 1.99. The van der Waals surface area contributed by atoms with Crippen LogP contribution in [0.3, 0.4) is 0 Å². The fourth-order valence-corrected chi connectivity index (χ4v) is 2.91. The number of nitrogens with two attached hydrogens (primary N) is 1. The summed E-state index contributed by atoms with van der Waals surface area (Å²) in [4.78, 5) is 14.6. The highest BCUT2D eigenvalue weighted by atomic mass is 16.2. The van der Waals surface area contributed by atoms with Crippen molar-refractivity contribution in [2.75, 3.05) is 6.54 Å². The van der Waals surface area contributed by atoms with Crippen molar-refractivity contribution < 1.29 is 4.79 Å². The molecule has 3 rings (SSSR count). The second-order valence-corrected chi connectivity index (χ2v) is 5.51. The molecule has 0 bridgehead atoms. The summed E-state index contributed by atoms with van der Waals surface area (Å²) in [6, 6.07) is 16.1. The third-order valence-electron chi connectivity index (χ3n) is 4.01. The molecule has 1 aliphatic rings. The monoisotopic (exact) mass is 280 g/mol. The number of amides is 1. The molecule has 3 nitrogen and oxygen atoms in total. The first-order chi connectivity index (χ1) is 10.3. The number of hydrogen-bond donors (Lipinski definition) is 1. The second kappa shape index (κ2) is 6.10. The standard InChI is InChI=1S/C18H20N2O/c19-12-14-5-3-6-15(11-14)13-20-10-4-8-16-7-1-2-9-17(16)18(20)21/h1-3,5-7,9,11H,4,8,10,12-13,19H2. The number of nitrogens with zero attached hydrogens (tertiary/aromatic N) is 1. The van der Waals surface area contributed by atoms with Crippen LogP contribution in [0, 0.1) is 0 Å². The topological polar surface area (TPSA) is 46.3 Å². The predicted molar refractivity (Wildman–Crippen MR) is 83.8 cm³/mol. The van der Waals surface area contributed by atoms with Gasteiger partial charge in [-0.05, 0) is 35.6 Å². The summed E-state index contributed by atoms with van der Waals surface area (Å²) in [5, 5.41) is 0. The van der Waals surface area contributed by atoms with Gasteiger partial charge in [0.15, 0.2) is 0 Å². The van der Waals surface area contributed by atoms with E-state index in [9.17, 15) is 4.79 Å². The molecule has 108 valence electrons. The molecule has 1 aliphatic heterocycles. The van der Waals surface area contributed by atoms with Crippen molar-refractivity contribution in [3.05, 3.63) is 70.8 Å². The molecular weight excluding hydrogens is 260 g/mol. The summed E-state index contributed by atoms with van der Waals surface area (Å²) in [5.74, 6) is 0.140. The Morgan fingerprint density at radius 1 is 1.05 bits per heavy atom. The Balaban J connectivity index is 1.84. The molecule has 0 spiro atoms. The molecule has 0 aliphatic carbocycles. The number of benzene rings is 2. The van der Waals surface area contributed by atoms with Gasteiger partial charge in [0.2, 0.25) is 0 Å². The van der Waals surface area contributed by atoms with Crippen LogP contribution in [0.5, 0.6) is 0 Å². The molecule has 0 saturated heterocycles. The Bertz CT molecular complexity index is 651. The van der Waals surface area contributed by atoms with E-state index in [0.717, 1.165) is 36.1 Å². The molecule has 0 radical (unpaired) electrons. The highest BCUT2D eigenvalue weighted by Gasteiger charge is 2.21. The first-order valence-electron chi connectivity index (χ1n) is 7.43. The number of carbonyl (C=O) groups excluding carboxylic acids is 1. The Hall–Kier alpha value is -2.13. The summed E-state index contributed by atoms with van der Waals surface area (Å²) in [5.41, 5.74) is 9.96. The van der Waals surface area contributed by atoms with Crippen molar-refractivity contribution in [3.8, 4) is 0 Å². The van der Waals surface area contributed by atoms with E-state index < -0.39 is 0 Å². The molecule has 0 atom stereocenters. The van der Waals surface area contributed by atoms with E-state index in [1.807, 2.05) is 35.2 Å². The van der Waals surface area contributed by atoms with Crippen LogP contribution in [0.1, 0.15) is 33.5 Å². The van der Waals surface area contributed by atoms with E-state index in [0.29, 0.717) is 13.1 Å². The van der Waals surface area contributed by atoms with E-state index >= 15 is 0 Å². The van der Waals surface area contributed by atoms with Crippen LogP contribution in [0.15, 0.2) is 48.5 Å². The van der Waals surface area contributed by atoms with E-state index in [4.69, 9.17) is 5.73 Å². The van der Waals surface area contributed by atoms with Crippen molar-refractivity contribution >= 4 is 5.91 Å². The lowest BCUT2D eigenvalue weighted by molar-refractivity contribution is 0.0749. The highest BCUT2D eigenvalue weighted by molar-refractivity contribution is 5.96. The summed E-state index contributed by atoms with van der Waals surface area (Å²) >= 11 is 0. The molecule has 0 unspecified atom stereocenters. The number of hydrogen-bond acceptors (Lipinski definition) is 2. The van der Waals surface area contributed by atoms with Crippen molar-refractivity contribution in [2.45, 2.75) is 25.9 Å². The zero-order valence-corrected chi connectivity index (χ0v) is 12.1. The van der Waals surface area contributed by atoms with Gasteiger partial charge in [-0.25, -0.2) is 0 Å². The van der Waals surface area contributed by atoms with Crippen LogP contribution in [0.25, 0.3) is 0 Å². The minimum Gasteiger partial charge on any atom is -0.334 e. The van der Waals surface area contributed by atoms with Gasteiger partial charge in [0, 0.05) is 25.2 Å². The largest absolute Gasteiger partial charge is 0.334 e. The first-order valence-corrected chi connectivity index (χ1v) is 7.43.